The molecule has 0 fully saturated rings. The Kier molecular flexibility index (Phi) is 2.83. The molecule has 96 valence electrons. The third kappa shape index (κ3) is 2.02. The Morgan fingerprint density at radius 1 is 1.26 bits per heavy atom. The minimum absolute atomic E-state index is 0.194. The van der Waals surface area contributed by atoms with E-state index in [0.29, 0.717) is 28.2 Å². The molecule has 1 aromatic carbocycles. The zero-order chi connectivity index (χ0) is 13.4. The Morgan fingerprint density at radius 2 is 2.11 bits per heavy atom. The first-order valence-electron chi connectivity index (χ1n) is 5.43. The number of benzene rings is 1. The third-order valence-electron chi connectivity index (χ3n) is 2.68. The van der Waals surface area contributed by atoms with Crippen LogP contribution in [0.2, 0.25) is 5.15 Å². The van der Waals surface area contributed by atoms with Crippen LogP contribution in [-0.2, 0) is 0 Å². The van der Waals surface area contributed by atoms with Crippen molar-refractivity contribution in [3.05, 3.63) is 41.6 Å². The minimum Gasteiger partial charge on any atom is -0.491 e. The Bertz CT molecular complexity index is 757. The summed E-state index contributed by atoms with van der Waals surface area (Å²) in [7, 11) is 1.47. The number of furan rings is 1. The van der Waals surface area contributed by atoms with E-state index in [-0.39, 0.29) is 11.0 Å². The van der Waals surface area contributed by atoms with Crippen molar-refractivity contribution in [2.24, 2.45) is 0 Å². The summed E-state index contributed by atoms with van der Waals surface area (Å²) < 4.78 is 23.9. The highest BCUT2D eigenvalue weighted by molar-refractivity contribution is 6.31. The van der Waals surface area contributed by atoms with E-state index in [1.165, 1.54) is 25.6 Å². The van der Waals surface area contributed by atoms with E-state index >= 15 is 0 Å². The van der Waals surface area contributed by atoms with Crippen molar-refractivity contribution in [3.8, 4) is 17.2 Å². The lowest BCUT2D eigenvalue weighted by molar-refractivity contribution is 0.411. The van der Waals surface area contributed by atoms with Crippen molar-refractivity contribution < 1.29 is 13.5 Å². The number of aromatic nitrogens is 2. The minimum atomic E-state index is -0.326. The maximum Gasteiger partial charge on any atom is 0.185 e. The van der Waals surface area contributed by atoms with Gasteiger partial charge in [0.1, 0.15) is 17.7 Å². The molecule has 4 nitrogen and oxygen atoms in total. The van der Waals surface area contributed by atoms with Gasteiger partial charge in [0, 0.05) is 5.39 Å². The van der Waals surface area contributed by atoms with Crippen molar-refractivity contribution >= 4 is 22.6 Å². The molecule has 0 spiro atoms. The molecule has 0 saturated carbocycles. The van der Waals surface area contributed by atoms with Crippen LogP contribution in [0.3, 0.4) is 0 Å². The molecular formula is C13H8ClFN2O2. The van der Waals surface area contributed by atoms with Crippen LogP contribution in [0.15, 0.2) is 35.0 Å². The molecule has 19 heavy (non-hydrogen) atoms. The topological polar surface area (TPSA) is 48.2 Å². The third-order valence-corrected chi connectivity index (χ3v) is 2.95. The number of nitrogens with zero attached hydrogens (tertiary/aromatic N) is 2. The molecule has 3 aromatic rings. The number of halogens is 2. The largest absolute Gasteiger partial charge is 0.491 e. The number of rotatable bonds is 2. The van der Waals surface area contributed by atoms with Crippen LogP contribution in [0.1, 0.15) is 0 Å². The maximum absolute atomic E-state index is 13.1. The molecule has 0 saturated heterocycles. The van der Waals surface area contributed by atoms with Crippen LogP contribution in [0, 0.1) is 5.82 Å². The smallest absolute Gasteiger partial charge is 0.185 e. The van der Waals surface area contributed by atoms with Gasteiger partial charge in [0.25, 0.3) is 0 Å². The SMILES string of the molecule is COc1c(Cl)ncnc1-c1cc2cc(F)ccc2o1. The maximum atomic E-state index is 13.1. The van der Waals surface area contributed by atoms with Crippen LogP contribution in [0.5, 0.6) is 5.75 Å². The molecule has 0 unspecified atom stereocenters. The summed E-state index contributed by atoms with van der Waals surface area (Å²) in [6.07, 6.45) is 1.31. The zero-order valence-corrected chi connectivity index (χ0v) is 10.6. The normalized spacial score (nSPS) is 10.9. The van der Waals surface area contributed by atoms with E-state index in [0.717, 1.165) is 0 Å². The van der Waals surface area contributed by atoms with Crippen molar-refractivity contribution in [1.82, 2.24) is 9.97 Å². The van der Waals surface area contributed by atoms with Gasteiger partial charge in [-0.3, -0.25) is 0 Å². The van der Waals surface area contributed by atoms with Gasteiger partial charge in [-0.15, -0.1) is 0 Å². The van der Waals surface area contributed by atoms with Crippen LogP contribution >= 0.6 is 11.6 Å². The first-order chi connectivity index (χ1) is 9.19. The van der Waals surface area contributed by atoms with Gasteiger partial charge in [-0.2, -0.15) is 0 Å². The lowest BCUT2D eigenvalue weighted by Crippen LogP contribution is -1.93. The molecule has 0 aliphatic rings. The average Bonchev–Trinajstić information content (AvgIpc) is 2.81. The molecule has 3 rings (SSSR count). The van der Waals surface area contributed by atoms with E-state index in [9.17, 15) is 4.39 Å². The fraction of sp³-hybridized carbons (Fsp3) is 0.0769. The van der Waals surface area contributed by atoms with Gasteiger partial charge in [-0.25, -0.2) is 14.4 Å². The Hall–Kier alpha value is -2.14. The Morgan fingerprint density at radius 3 is 2.89 bits per heavy atom. The summed E-state index contributed by atoms with van der Waals surface area (Å²) in [5, 5.41) is 0.839. The molecule has 0 amide bonds. The summed E-state index contributed by atoms with van der Waals surface area (Å²) in [5.41, 5.74) is 0.993. The molecule has 0 aliphatic carbocycles. The van der Waals surface area contributed by atoms with Gasteiger partial charge in [0.2, 0.25) is 0 Å². The highest BCUT2D eigenvalue weighted by atomic mass is 35.5. The van der Waals surface area contributed by atoms with Crippen molar-refractivity contribution in [2.45, 2.75) is 0 Å². The lowest BCUT2D eigenvalue weighted by atomic mass is 10.2. The summed E-state index contributed by atoms with van der Waals surface area (Å²) in [6, 6.07) is 5.96. The first-order valence-corrected chi connectivity index (χ1v) is 5.81. The second-order valence-electron chi connectivity index (χ2n) is 3.84. The average molecular weight is 279 g/mol. The Labute approximate surface area is 112 Å². The lowest BCUT2D eigenvalue weighted by Gasteiger charge is -2.05. The Balaban J connectivity index is 2.22. The molecule has 0 N–H and O–H groups in total. The summed E-state index contributed by atoms with van der Waals surface area (Å²) >= 11 is 5.93. The molecule has 2 aromatic heterocycles. The number of ether oxygens (including phenoxy) is 1. The molecular weight excluding hydrogens is 271 g/mol. The predicted octanol–water partition coefficient (Wildman–Crippen LogP) is 3.69. The number of methoxy groups -OCH3 is 1. The van der Waals surface area contributed by atoms with Crippen molar-refractivity contribution in [1.29, 1.82) is 0 Å². The van der Waals surface area contributed by atoms with Crippen LogP contribution < -0.4 is 4.74 Å². The van der Waals surface area contributed by atoms with Crippen LogP contribution in [-0.4, -0.2) is 17.1 Å². The standard InChI is InChI=1S/C13H8ClFN2O2/c1-18-12-11(16-6-17-13(12)14)10-5-7-4-8(15)2-3-9(7)19-10/h2-6H,1H3. The van der Waals surface area contributed by atoms with Gasteiger partial charge in [0.05, 0.1) is 7.11 Å². The first kappa shape index (κ1) is 11.9. The van der Waals surface area contributed by atoms with Gasteiger partial charge >= 0.3 is 0 Å². The van der Waals surface area contributed by atoms with Crippen molar-refractivity contribution in [3.63, 3.8) is 0 Å². The molecule has 2 heterocycles. The van der Waals surface area contributed by atoms with Gasteiger partial charge in [-0.1, -0.05) is 11.6 Å². The highest BCUT2D eigenvalue weighted by Gasteiger charge is 2.16. The molecule has 0 bridgehead atoms. The monoisotopic (exact) mass is 278 g/mol. The second-order valence-corrected chi connectivity index (χ2v) is 4.20. The van der Waals surface area contributed by atoms with Gasteiger partial charge < -0.3 is 9.15 Å². The fourth-order valence-electron chi connectivity index (χ4n) is 1.84. The molecule has 0 radical (unpaired) electrons. The highest BCUT2D eigenvalue weighted by Crippen LogP contribution is 2.35. The molecule has 0 aliphatic heterocycles. The van der Waals surface area contributed by atoms with E-state index in [2.05, 4.69) is 9.97 Å². The van der Waals surface area contributed by atoms with E-state index in [1.807, 2.05) is 0 Å². The van der Waals surface area contributed by atoms with E-state index < -0.39 is 0 Å². The molecule has 0 atom stereocenters. The summed E-state index contributed by atoms with van der Waals surface area (Å²) in [5.74, 6) is 0.443. The van der Waals surface area contributed by atoms with Gasteiger partial charge in [0.15, 0.2) is 22.4 Å². The van der Waals surface area contributed by atoms with E-state index in [4.69, 9.17) is 20.8 Å². The van der Waals surface area contributed by atoms with Gasteiger partial charge in [-0.05, 0) is 24.3 Å². The summed E-state index contributed by atoms with van der Waals surface area (Å²) in [6.45, 7) is 0. The molecule has 6 heteroatoms. The van der Waals surface area contributed by atoms with E-state index in [1.54, 1.807) is 12.1 Å². The van der Waals surface area contributed by atoms with Crippen molar-refractivity contribution in [2.75, 3.05) is 7.11 Å². The number of fused-ring (bicyclic) bond motifs is 1. The zero-order valence-electron chi connectivity index (χ0n) is 9.85. The number of hydrogen-bond acceptors (Lipinski definition) is 4. The second kappa shape index (κ2) is 4.51. The van der Waals surface area contributed by atoms with Crippen LogP contribution in [0.4, 0.5) is 4.39 Å². The van der Waals surface area contributed by atoms with Crippen LogP contribution in [0.25, 0.3) is 22.4 Å². The number of hydrogen-bond donors (Lipinski definition) is 0. The predicted molar refractivity (Wildman–Crippen MR) is 68.8 cm³/mol. The fourth-order valence-corrected chi connectivity index (χ4v) is 2.05. The summed E-state index contributed by atoms with van der Waals surface area (Å²) in [4.78, 5) is 7.92. The quantitative estimate of drug-likeness (QED) is 0.671.